The van der Waals surface area contributed by atoms with Crippen molar-refractivity contribution in [3.8, 4) is 11.6 Å². The number of hydrogen-bond acceptors (Lipinski definition) is 3. The van der Waals surface area contributed by atoms with Crippen LogP contribution in [-0.4, -0.2) is 24.3 Å². The monoisotopic (exact) mass is 291 g/mol. The van der Waals surface area contributed by atoms with Crippen LogP contribution < -0.4 is 0 Å². The van der Waals surface area contributed by atoms with Gasteiger partial charge in [-0.3, -0.25) is 0 Å². The summed E-state index contributed by atoms with van der Waals surface area (Å²) in [7, 11) is 0. The molecule has 5 nitrogen and oxygen atoms in total. The molecule has 5 heteroatoms. The molecule has 0 aliphatic rings. The predicted molar refractivity (Wildman–Crippen MR) is 82.7 cm³/mol. The molecule has 0 unspecified atom stereocenters. The molecule has 2 heterocycles. The average molecular weight is 291 g/mol. The van der Waals surface area contributed by atoms with Crippen molar-refractivity contribution in [2.24, 2.45) is 0 Å². The van der Waals surface area contributed by atoms with E-state index >= 15 is 0 Å². The Hall–Kier alpha value is -1.91. The molecule has 116 valence electrons. The highest BCUT2D eigenvalue weighted by Crippen LogP contribution is 2.40. The van der Waals surface area contributed by atoms with E-state index in [1.807, 2.05) is 29.2 Å². The molecule has 0 saturated carbocycles. The van der Waals surface area contributed by atoms with Gasteiger partial charge in [-0.25, -0.2) is 4.98 Å². The first-order chi connectivity index (χ1) is 10.1. The van der Waals surface area contributed by atoms with E-state index in [1.54, 1.807) is 12.5 Å². The van der Waals surface area contributed by atoms with E-state index in [9.17, 15) is 10.2 Å². The Morgan fingerprint density at radius 3 is 2.57 bits per heavy atom. The van der Waals surface area contributed by atoms with Crippen LogP contribution in [-0.2, 0) is 19.5 Å². The van der Waals surface area contributed by atoms with Crippen LogP contribution in [0.25, 0.3) is 0 Å². The zero-order chi connectivity index (χ0) is 15.4. The Morgan fingerprint density at radius 1 is 1.24 bits per heavy atom. The van der Waals surface area contributed by atoms with Gasteiger partial charge >= 0.3 is 0 Å². The van der Waals surface area contributed by atoms with Crippen molar-refractivity contribution in [2.75, 3.05) is 0 Å². The van der Waals surface area contributed by atoms with Crippen molar-refractivity contribution in [3.05, 3.63) is 30.0 Å². The molecule has 0 aliphatic carbocycles. The van der Waals surface area contributed by atoms with Crippen molar-refractivity contribution in [1.82, 2.24) is 14.1 Å². The zero-order valence-electron chi connectivity index (χ0n) is 13.1. The molecule has 0 spiro atoms. The zero-order valence-corrected chi connectivity index (χ0v) is 13.1. The van der Waals surface area contributed by atoms with E-state index in [1.165, 1.54) is 0 Å². The van der Waals surface area contributed by atoms with Gasteiger partial charge in [0.15, 0.2) is 5.75 Å². The fraction of sp³-hybridized carbons (Fsp3) is 0.562. The van der Waals surface area contributed by atoms with Gasteiger partial charge in [-0.1, -0.05) is 27.2 Å². The highest BCUT2D eigenvalue weighted by atomic mass is 16.3. The number of aromatic hydroxyl groups is 2. The maximum absolute atomic E-state index is 10.2. The van der Waals surface area contributed by atoms with Crippen LogP contribution in [0.3, 0.4) is 0 Å². The molecule has 0 radical (unpaired) electrons. The second-order valence-electron chi connectivity index (χ2n) is 5.74. The lowest BCUT2D eigenvalue weighted by atomic mass is 10.0. The minimum Gasteiger partial charge on any atom is -0.503 e. The quantitative estimate of drug-likeness (QED) is 0.823. The van der Waals surface area contributed by atoms with Crippen LogP contribution in [0.2, 0.25) is 0 Å². The molecule has 2 aromatic rings. The van der Waals surface area contributed by atoms with Gasteiger partial charge in [-0.15, -0.1) is 0 Å². The van der Waals surface area contributed by atoms with E-state index < -0.39 is 0 Å². The second-order valence-corrected chi connectivity index (χ2v) is 5.74. The summed E-state index contributed by atoms with van der Waals surface area (Å²) in [5.41, 5.74) is 1.95. The van der Waals surface area contributed by atoms with E-state index in [0.717, 1.165) is 37.1 Å². The van der Waals surface area contributed by atoms with Crippen molar-refractivity contribution < 1.29 is 10.2 Å². The lowest BCUT2D eigenvalue weighted by Gasteiger charge is -2.12. The molecular formula is C16H25N3O2. The van der Waals surface area contributed by atoms with Gasteiger partial charge in [0.1, 0.15) is 0 Å². The molecule has 0 bridgehead atoms. The fourth-order valence-electron chi connectivity index (χ4n) is 2.84. The van der Waals surface area contributed by atoms with Crippen molar-refractivity contribution in [1.29, 1.82) is 0 Å². The Bertz CT molecular complexity index is 571. The summed E-state index contributed by atoms with van der Waals surface area (Å²) >= 11 is 0. The van der Waals surface area contributed by atoms with Crippen molar-refractivity contribution in [3.63, 3.8) is 0 Å². The second kappa shape index (κ2) is 6.70. The Balaban J connectivity index is 2.18. The van der Waals surface area contributed by atoms with Crippen LogP contribution in [0.15, 0.2) is 18.7 Å². The Labute approximate surface area is 125 Å². The minimum absolute atomic E-state index is 0.00720. The van der Waals surface area contributed by atoms with E-state index in [2.05, 4.69) is 11.9 Å². The SMILES string of the molecule is CCCc1c(C(C)C)c(O)c(O)n1CCCn1ccnc1. The van der Waals surface area contributed by atoms with E-state index in [0.29, 0.717) is 6.54 Å². The van der Waals surface area contributed by atoms with Gasteiger partial charge in [0.25, 0.3) is 0 Å². The van der Waals surface area contributed by atoms with Gasteiger partial charge in [0.2, 0.25) is 5.88 Å². The third-order valence-electron chi connectivity index (χ3n) is 3.78. The number of aryl methyl sites for hydroxylation is 1. The molecule has 0 saturated heterocycles. The molecule has 0 atom stereocenters. The average Bonchev–Trinajstić information content (AvgIpc) is 3.02. The van der Waals surface area contributed by atoms with Gasteiger partial charge < -0.3 is 19.3 Å². The van der Waals surface area contributed by atoms with Gasteiger partial charge in [-0.2, -0.15) is 0 Å². The third-order valence-corrected chi connectivity index (χ3v) is 3.78. The lowest BCUT2D eigenvalue weighted by molar-refractivity contribution is 0.364. The maximum Gasteiger partial charge on any atom is 0.235 e. The molecule has 0 aliphatic heterocycles. The summed E-state index contributed by atoms with van der Waals surface area (Å²) in [6.07, 6.45) is 8.22. The molecule has 2 rings (SSSR count). The van der Waals surface area contributed by atoms with E-state index in [4.69, 9.17) is 0 Å². The number of nitrogens with zero attached hydrogens (tertiary/aromatic N) is 3. The van der Waals surface area contributed by atoms with E-state index in [-0.39, 0.29) is 17.5 Å². The molecule has 21 heavy (non-hydrogen) atoms. The summed E-state index contributed by atoms with van der Waals surface area (Å²) in [6, 6.07) is 0. The number of rotatable bonds is 7. The Morgan fingerprint density at radius 2 is 2.00 bits per heavy atom. The summed E-state index contributed by atoms with van der Waals surface area (Å²) in [6.45, 7) is 7.74. The van der Waals surface area contributed by atoms with Crippen LogP contribution in [0.1, 0.15) is 50.8 Å². The highest BCUT2D eigenvalue weighted by Gasteiger charge is 2.23. The van der Waals surface area contributed by atoms with Crippen LogP contribution in [0.4, 0.5) is 0 Å². The minimum atomic E-state index is 0.00720. The third kappa shape index (κ3) is 3.23. The first-order valence-corrected chi connectivity index (χ1v) is 7.65. The lowest BCUT2D eigenvalue weighted by Crippen LogP contribution is -2.07. The standard InChI is InChI=1S/C16H25N3O2/c1-4-6-13-14(12(2)3)15(20)16(21)19(13)9-5-8-18-10-7-17-11-18/h7,10-12,20-21H,4-6,8-9H2,1-3H3. The molecule has 0 aromatic carbocycles. The van der Waals surface area contributed by atoms with Gasteiger partial charge in [-0.05, 0) is 18.8 Å². The molecule has 0 amide bonds. The van der Waals surface area contributed by atoms with Crippen LogP contribution >= 0.6 is 0 Å². The first kappa shape index (κ1) is 15.5. The van der Waals surface area contributed by atoms with Gasteiger partial charge in [0.05, 0.1) is 6.33 Å². The largest absolute Gasteiger partial charge is 0.503 e. The predicted octanol–water partition coefficient (Wildman–Crippen LogP) is 3.26. The summed E-state index contributed by atoms with van der Waals surface area (Å²) in [4.78, 5) is 4.02. The molecule has 2 N–H and O–H groups in total. The molecular weight excluding hydrogens is 266 g/mol. The summed E-state index contributed by atoms with van der Waals surface area (Å²) < 4.78 is 3.88. The molecule has 2 aromatic heterocycles. The smallest absolute Gasteiger partial charge is 0.235 e. The van der Waals surface area contributed by atoms with Crippen LogP contribution in [0, 0.1) is 0 Å². The number of hydrogen-bond donors (Lipinski definition) is 2. The normalized spacial score (nSPS) is 11.4. The number of imidazole rings is 1. The van der Waals surface area contributed by atoms with Crippen molar-refractivity contribution in [2.45, 2.75) is 59.0 Å². The summed E-state index contributed by atoms with van der Waals surface area (Å²) in [5, 5.41) is 20.4. The Kier molecular flexibility index (Phi) is 4.94. The van der Waals surface area contributed by atoms with Gasteiger partial charge in [0, 0.05) is 36.7 Å². The summed E-state index contributed by atoms with van der Waals surface area (Å²) in [5.74, 6) is 0.260. The topological polar surface area (TPSA) is 63.2 Å². The van der Waals surface area contributed by atoms with Crippen molar-refractivity contribution >= 4 is 0 Å². The fourth-order valence-corrected chi connectivity index (χ4v) is 2.84. The molecule has 0 fully saturated rings. The number of aromatic nitrogens is 3. The van der Waals surface area contributed by atoms with Crippen LogP contribution in [0.5, 0.6) is 11.6 Å². The maximum atomic E-state index is 10.2. The first-order valence-electron chi connectivity index (χ1n) is 7.65. The highest BCUT2D eigenvalue weighted by molar-refractivity contribution is 5.48.